The summed E-state index contributed by atoms with van der Waals surface area (Å²) in [4.78, 5) is 11.7. The summed E-state index contributed by atoms with van der Waals surface area (Å²) in [5.41, 5.74) is 5.18. The molecule has 0 spiro atoms. The molecule has 0 aromatic heterocycles. The molecule has 1 aliphatic carbocycles. The Hall–Kier alpha value is -2.96. The average Bonchev–Trinajstić information content (AvgIpc) is 3.34. The lowest BCUT2D eigenvalue weighted by Gasteiger charge is -2.39. The largest absolute Gasteiger partial charge is 0.493 e. The fourth-order valence-electron chi connectivity index (χ4n) is 5.17. The van der Waals surface area contributed by atoms with E-state index in [1.54, 1.807) is 13.2 Å². The number of benzene rings is 3. The van der Waals surface area contributed by atoms with Crippen molar-refractivity contribution in [1.29, 1.82) is 0 Å². The summed E-state index contributed by atoms with van der Waals surface area (Å²) in [5.74, 6) is 0.889. The number of halogens is 2. The van der Waals surface area contributed by atoms with E-state index in [0.717, 1.165) is 38.8 Å². The zero-order valence-corrected chi connectivity index (χ0v) is 21.7. The number of rotatable bonds is 6. The lowest BCUT2D eigenvalue weighted by Crippen LogP contribution is -2.30. The minimum absolute atomic E-state index is 0.0132. The molecule has 5 nitrogen and oxygen atoms in total. The van der Waals surface area contributed by atoms with E-state index in [-0.39, 0.29) is 12.0 Å². The molecule has 3 atom stereocenters. The van der Waals surface area contributed by atoms with Crippen molar-refractivity contribution in [3.63, 3.8) is 0 Å². The van der Waals surface area contributed by atoms with E-state index in [2.05, 4.69) is 39.5 Å². The van der Waals surface area contributed by atoms with Gasteiger partial charge in [0.05, 0.1) is 23.2 Å². The zero-order chi connectivity index (χ0) is 24.7. The fourth-order valence-corrected chi connectivity index (χ4v) is 5.87. The molecule has 2 aliphatic rings. The molecule has 5 rings (SSSR count). The van der Waals surface area contributed by atoms with Crippen molar-refractivity contribution in [3.05, 3.63) is 98.0 Å². The number of anilines is 1. The average molecular weight is 555 g/mol. The van der Waals surface area contributed by atoms with Gasteiger partial charge in [-0.25, -0.2) is 4.79 Å². The third-order valence-corrected chi connectivity index (χ3v) is 7.78. The minimum Gasteiger partial charge on any atom is -0.493 e. The number of nitrogens with one attached hydrogen (secondary N) is 1. The topological polar surface area (TPSA) is 67.8 Å². The van der Waals surface area contributed by atoms with Gasteiger partial charge in [0.2, 0.25) is 0 Å². The molecule has 0 bridgehead atoms. The van der Waals surface area contributed by atoms with Crippen molar-refractivity contribution >= 4 is 39.2 Å². The number of carbonyl (C=O) groups is 1. The van der Waals surface area contributed by atoms with Gasteiger partial charge in [-0.3, -0.25) is 0 Å². The highest BCUT2D eigenvalue weighted by atomic mass is 79.9. The molecular formula is C28H25BrClNO4. The Balaban J connectivity index is 1.49. The highest BCUT2D eigenvalue weighted by Gasteiger charge is 2.39. The van der Waals surface area contributed by atoms with Crippen molar-refractivity contribution in [2.75, 3.05) is 12.4 Å². The molecular weight excluding hydrogens is 530 g/mol. The van der Waals surface area contributed by atoms with Crippen LogP contribution in [0.25, 0.3) is 0 Å². The number of carboxylic acid groups (broad SMARTS) is 1. The van der Waals surface area contributed by atoms with Crippen molar-refractivity contribution in [2.45, 2.75) is 31.9 Å². The van der Waals surface area contributed by atoms with Gasteiger partial charge < -0.3 is 19.9 Å². The molecule has 3 aromatic rings. The van der Waals surface area contributed by atoms with Crippen LogP contribution in [0, 0.1) is 12.8 Å². The van der Waals surface area contributed by atoms with Crippen LogP contribution < -0.4 is 14.8 Å². The van der Waals surface area contributed by atoms with Gasteiger partial charge in [-0.05, 0) is 87.8 Å². The second-order valence-corrected chi connectivity index (χ2v) is 10.2. The summed E-state index contributed by atoms with van der Waals surface area (Å²) in [6, 6.07) is 15.3. The summed E-state index contributed by atoms with van der Waals surface area (Å²) < 4.78 is 12.6. The molecule has 35 heavy (non-hydrogen) atoms. The molecule has 0 radical (unpaired) electrons. The number of methoxy groups -OCH3 is 1. The lowest BCUT2D eigenvalue weighted by atomic mass is 9.76. The maximum absolute atomic E-state index is 11.7. The van der Waals surface area contributed by atoms with Crippen LogP contribution >= 0.6 is 27.5 Å². The first-order chi connectivity index (χ1) is 16.9. The van der Waals surface area contributed by atoms with Crippen molar-refractivity contribution in [2.24, 2.45) is 5.92 Å². The van der Waals surface area contributed by atoms with Gasteiger partial charge in [-0.15, -0.1) is 0 Å². The Labute approximate surface area is 217 Å². The molecule has 2 N–H and O–H groups in total. The number of allylic oxidation sites excluding steroid dienone is 2. The number of carboxylic acids is 1. The Morgan fingerprint density at radius 3 is 2.69 bits per heavy atom. The molecule has 1 aliphatic heterocycles. The van der Waals surface area contributed by atoms with E-state index in [4.69, 9.17) is 21.1 Å². The van der Waals surface area contributed by atoms with E-state index in [1.807, 2.05) is 43.3 Å². The predicted octanol–water partition coefficient (Wildman–Crippen LogP) is 7.52. The van der Waals surface area contributed by atoms with Gasteiger partial charge in [0, 0.05) is 16.6 Å². The van der Waals surface area contributed by atoms with Crippen LogP contribution in [-0.2, 0) is 6.61 Å². The lowest BCUT2D eigenvalue weighted by molar-refractivity contribution is 0.0696. The second-order valence-electron chi connectivity index (χ2n) is 8.93. The molecule has 180 valence electrons. The van der Waals surface area contributed by atoms with Crippen molar-refractivity contribution < 1.29 is 19.4 Å². The Morgan fingerprint density at radius 2 is 1.97 bits per heavy atom. The molecule has 0 unspecified atom stereocenters. The summed E-state index contributed by atoms with van der Waals surface area (Å²) in [7, 11) is 1.63. The Bertz CT molecular complexity index is 1320. The second kappa shape index (κ2) is 9.59. The molecule has 3 aromatic carbocycles. The van der Waals surface area contributed by atoms with Gasteiger partial charge in [-0.1, -0.05) is 42.0 Å². The van der Waals surface area contributed by atoms with Crippen LogP contribution in [0.2, 0.25) is 5.02 Å². The predicted molar refractivity (Wildman–Crippen MR) is 141 cm³/mol. The van der Waals surface area contributed by atoms with Crippen LogP contribution in [0.5, 0.6) is 11.5 Å². The highest BCUT2D eigenvalue weighted by Crippen LogP contribution is 2.52. The van der Waals surface area contributed by atoms with Crippen molar-refractivity contribution in [3.8, 4) is 11.5 Å². The Morgan fingerprint density at radius 1 is 1.20 bits per heavy atom. The van der Waals surface area contributed by atoms with E-state index >= 15 is 0 Å². The van der Waals surface area contributed by atoms with E-state index < -0.39 is 5.97 Å². The number of aromatic carboxylic acids is 1. The third kappa shape index (κ3) is 4.41. The summed E-state index contributed by atoms with van der Waals surface area (Å²) in [5, 5.41) is 14.0. The van der Waals surface area contributed by atoms with E-state index in [1.165, 1.54) is 0 Å². The molecule has 0 saturated carbocycles. The quantitative estimate of drug-likeness (QED) is 0.308. The standard InChI is InChI=1S/C28H25BrClNO4/c1-15-19(28(32)33)10-11-22-20-4-3-5-21(20)26(31-25(15)22)17-12-23(29)27(24(13-17)34-2)35-14-16-6-8-18(30)9-7-16/h3-4,6-13,20-21,26,31H,5,14H2,1-2H3,(H,32,33)/t20-,21-,26+/m1/s1. The van der Waals surface area contributed by atoms with Crippen LogP contribution in [-0.4, -0.2) is 18.2 Å². The number of ether oxygens (including phenoxy) is 2. The minimum atomic E-state index is -0.917. The summed E-state index contributed by atoms with van der Waals surface area (Å²) in [6.45, 7) is 2.25. The summed E-state index contributed by atoms with van der Waals surface area (Å²) >= 11 is 9.68. The maximum atomic E-state index is 11.7. The normalized spacial score (nSPS) is 20.1. The SMILES string of the molecule is COc1cc([C@@H]2Nc3c(ccc(C(=O)O)c3C)[C@@H]3C=CC[C@H]32)cc(Br)c1OCc1ccc(Cl)cc1. The van der Waals surface area contributed by atoms with Gasteiger partial charge in [-0.2, -0.15) is 0 Å². The van der Waals surface area contributed by atoms with Gasteiger partial charge in [0.1, 0.15) is 6.61 Å². The molecule has 7 heteroatoms. The van der Waals surface area contributed by atoms with Gasteiger partial charge >= 0.3 is 5.97 Å². The maximum Gasteiger partial charge on any atom is 0.336 e. The van der Waals surface area contributed by atoms with E-state index in [0.29, 0.717) is 34.6 Å². The first-order valence-electron chi connectivity index (χ1n) is 11.4. The van der Waals surface area contributed by atoms with Crippen molar-refractivity contribution in [1.82, 2.24) is 0 Å². The molecule has 0 saturated heterocycles. The first-order valence-corrected chi connectivity index (χ1v) is 12.6. The number of hydrogen-bond donors (Lipinski definition) is 2. The molecule has 1 heterocycles. The highest BCUT2D eigenvalue weighted by molar-refractivity contribution is 9.10. The van der Waals surface area contributed by atoms with Gasteiger partial charge in [0.25, 0.3) is 0 Å². The molecule has 0 amide bonds. The number of fused-ring (bicyclic) bond motifs is 3. The Kier molecular flexibility index (Phi) is 6.51. The number of hydrogen-bond acceptors (Lipinski definition) is 4. The fraction of sp³-hybridized carbons (Fsp3) is 0.250. The monoisotopic (exact) mass is 553 g/mol. The smallest absolute Gasteiger partial charge is 0.336 e. The molecule has 0 fully saturated rings. The van der Waals surface area contributed by atoms with Crippen LogP contribution in [0.15, 0.2) is 65.2 Å². The third-order valence-electron chi connectivity index (χ3n) is 6.94. The van der Waals surface area contributed by atoms with Crippen LogP contribution in [0.3, 0.4) is 0 Å². The van der Waals surface area contributed by atoms with E-state index in [9.17, 15) is 9.90 Å². The van der Waals surface area contributed by atoms with Crippen LogP contribution in [0.1, 0.15) is 51.0 Å². The van der Waals surface area contributed by atoms with Crippen LogP contribution in [0.4, 0.5) is 5.69 Å². The first kappa shape index (κ1) is 23.8. The summed E-state index contributed by atoms with van der Waals surface area (Å²) in [6.07, 6.45) is 5.40. The van der Waals surface area contributed by atoms with Gasteiger partial charge in [0.15, 0.2) is 11.5 Å². The zero-order valence-electron chi connectivity index (χ0n) is 19.3.